The number of nitrogens with one attached hydrogen (secondary N) is 1. The molecule has 212 valence electrons. The highest BCUT2D eigenvalue weighted by atomic mass is 19.4. The molecule has 5 aromatic rings. The number of hydrogen-bond acceptors (Lipinski definition) is 7. The number of hydrogen-bond donors (Lipinski definition) is 1. The van der Waals surface area contributed by atoms with Gasteiger partial charge in [0.15, 0.2) is 17.2 Å². The summed E-state index contributed by atoms with van der Waals surface area (Å²) in [6.07, 6.45) is -5.48. The van der Waals surface area contributed by atoms with Gasteiger partial charge in [-0.1, -0.05) is 24.3 Å². The Balaban J connectivity index is 1.40. The zero-order valence-electron chi connectivity index (χ0n) is 21.5. The van der Waals surface area contributed by atoms with Crippen molar-refractivity contribution in [3.05, 3.63) is 65.1 Å². The molecule has 6 rings (SSSR count). The second-order valence-corrected chi connectivity index (χ2v) is 9.64. The van der Waals surface area contributed by atoms with E-state index in [1.807, 2.05) is 0 Å². The number of aromatic nitrogens is 8. The first-order valence-corrected chi connectivity index (χ1v) is 12.4. The summed E-state index contributed by atoms with van der Waals surface area (Å²) in [6, 6.07) is 6.46. The summed E-state index contributed by atoms with van der Waals surface area (Å²) in [5, 5.41) is 6.53. The molecular formula is C26H20F6N8O. The lowest BCUT2D eigenvalue weighted by Gasteiger charge is -2.13. The maximum Gasteiger partial charge on any atom is 0.435 e. The van der Waals surface area contributed by atoms with E-state index in [1.165, 1.54) is 25.1 Å². The summed E-state index contributed by atoms with van der Waals surface area (Å²) in [6.45, 7) is 0. The van der Waals surface area contributed by atoms with Gasteiger partial charge in [0.2, 0.25) is 5.88 Å². The molecule has 1 aromatic carbocycles. The molecule has 0 saturated heterocycles. The van der Waals surface area contributed by atoms with Gasteiger partial charge in [-0.2, -0.15) is 31.4 Å². The van der Waals surface area contributed by atoms with Crippen LogP contribution in [-0.2, 0) is 25.8 Å². The minimum Gasteiger partial charge on any atom is -0.480 e. The quantitative estimate of drug-likeness (QED) is 0.258. The van der Waals surface area contributed by atoms with Gasteiger partial charge >= 0.3 is 12.4 Å². The molecule has 1 aliphatic rings. The van der Waals surface area contributed by atoms with Crippen LogP contribution in [0.25, 0.3) is 33.8 Å². The highest BCUT2D eigenvalue weighted by Gasteiger charge is 2.39. The maximum atomic E-state index is 14.1. The van der Waals surface area contributed by atoms with Gasteiger partial charge in [-0.3, -0.25) is 5.10 Å². The van der Waals surface area contributed by atoms with Gasteiger partial charge in [0.25, 0.3) is 0 Å². The van der Waals surface area contributed by atoms with Crippen molar-refractivity contribution < 1.29 is 31.1 Å². The van der Waals surface area contributed by atoms with E-state index in [0.717, 1.165) is 19.0 Å². The fraction of sp³-hybridized carbons (Fsp3) is 0.308. The van der Waals surface area contributed by atoms with Crippen LogP contribution in [0.15, 0.2) is 36.8 Å². The minimum atomic E-state index is -4.82. The average molecular weight is 574 g/mol. The van der Waals surface area contributed by atoms with Gasteiger partial charge in [-0.25, -0.2) is 24.9 Å². The molecule has 1 aliphatic carbocycles. The van der Waals surface area contributed by atoms with Crippen molar-refractivity contribution >= 4 is 11.0 Å². The monoisotopic (exact) mass is 574 g/mol. The van der Waals surface area contributed by atoms with Crippen LogP contribution in [0.5, 0.6) is 5.88 Å². The number of methoxy groups -OCH3 is 1. The molecule has 0 unspecified atom stereocenters. The van der Waals surface area contributed by atoms with E-state index >= 15 is 0 Å². The van der Waals surface area contributed by atoms with E-state index in [2.05, 4.69) is 35.1 Å². The summed E-state index contributed by atoms with van der Waals surface area (Å²) in [5.74, 6) is 0.00554. The number of halogens is 6. The van der Waals surface area contributed by atoms with Crippen molar-refractivity contribution in [3.8, 4) is 28.7 Å². The number of aryl methyl sites for hydroxylation is 1. The molecule has 0 aliphatic heterocycles. The Kier molecular flexibility index (Phi) is 6.19. The Morgan fingerprint density at radius 2 is 1.71 bits per heavy atom. The van der Waals surface area contributed by atoms with Gasteiger partial charge < -0.3 is 9.30 Å². The molecule has 0 amide bonds. The maximum absolute atomic E-state index is 14.1. The van der Waals surface area contributed by atoms with Crippen LogP contribution in [-0.4, -0.2) is 46.8 Å². The fourth-order valence-corrected chi connectivity index (χ4v) is 4.64. The molecule has 0 radical (unpaired) electrons. The SMILES string of the molecule is COc1ncnc(C2CC2)c1-c1nc(C(F)(F)F)c2[nH]nc(Cc3ccc(-c4nc(C(F)(F)F)cn4C)cc3)c2n1. The first kappa shape index (κ1) is 26.7. The van der Waals surface area contributed by atoms with Gasteiger partial charge in [-0.15, -0.1) is 0 Å². The smallest absolute Gasteiger partial charge is 0.435 e. The van der Waals surface area contributed by atoms with Crippen LogP contribution in [0.1, 0.15) is 47.1 Å². The van der Waals surface area contributed by atoms with Gasteiger partial charge in [-0.05, 0) is 18.4 Å². The standard InChI is InChI=1S/C26H20F6N8O/c1-40-10-16(25(27,28)29)35-23(40)14-5-3-12(4-6-14)9-15-19-20(39-38-15)21(26(30,31)32)37-22(36-19)17-18(13-7-8-13)33-11-34-24(17)41-2/h3-6,10-11,13H,7-9H2,1-2H3,(H,38,39). The topological polar surface area (TPSA) is 107 Å². The number of aromatic amines is 1. The number of fused-ring (bicyclic) bond motifs is 1. The molecule has 9 nitrogen and oxygen atoms in total. The molecule has 1 fully saturated rings. The lowest BCUT2D eigenvalue weighted by atomic mass is 10.1. The predicted octanol–water partition coefficient (Wildman–Crippen LogP) is 5.72. The predicted molar refractivity (Wildman–Crippen MR) is 133 cm³/mol. The van der Waals surface area contributed by atoms with Crippen molar-refractivity contribution in [1.82, 2.24) is 39.7 Å². The van der Waals surface area contributed by atoms with Gasteiger partial charge in [0, 0.05) is 31.1 Å². The van der Waals surface area contributed by atoms with E-state index in [4.69, 9.17) is 4.74 Å². The van der Waals surface area contributed by atoms with Crippen molar-refractivity contribution in [2.75, 3.05) is 7.11 Å². The molecule has 1 saturated carbocycles. The number of H-pyrrole nitrogens is 1. The second-order valence-electron chi connectivity index (χ2n) is 9.64. The third kappa shape index (κ3) is 4.95. The average Bonchev–Trinajstić information content (AvgIpc) is 3.59. The lowest BCUT2D eigenvalue weighted by molar-refractivity contribution is -0.141. The van der Waals surface area contributed by atoms with Crippen molar-refractivity contribution in [3.63, 3.8) is 0 Å². The molecule has 0 atom stereocenters. The van der Waals surface area contributed by atoms with Crippen molar-refractivity contribution in [1.29, 1.82) is 0 Å². The summed E-state index contributed by atoms with van der Waals surface area (Å²) in [7, 11) is 2.81. The third-order valence-electron chi connectivity index (χ3n) is 6.73. The van der Waals surface area contributed by atoms with E-state index < -0.39 is 23.7 Å². The number of nitrogens with zero attached hydrogens (tertiary/aromatic N) is 7. The number of ether oxygens (including phenoxy) is 1. The highest BCUT2D eigenvalue weighted by molar-refractivity contribution is 5.83. The highest BCUT2D eigenvalue weighted by Crippen LogP contribution is 2.45. The zero-order valence-corrected chi connectivity index (χ0v) is 21.5. The van der Waals surface area contributed by atoms with E-state index in [0.29, 0.717) is 16.8 Å². The van der Waals surface area contributed by atoms with Crippen molar-refractivity contribution in [2.45, 2.75) is 37.5 Å². The molecule has 41 heavy (non-hydrogen) atoms. The molecular weight excluding hydrogens is 554 g/mol. The first-order chi connectivity index (χ1) is 19.4. The van der Waals surface area contributed by atoms with Gasteiger partial charge in [0.05, 0.1) is 18.5 Å². The van der Waals surface area contributed by atoms with Crippen molar-refractivity contribution in [2.24, 2.45) is 7.05 Å². The largest absolute Gasteiger partial charge is 0.480 e. The van der Waals surface area contributed by atoms with E-state index in [1.54, 1.807) is 24.3 Å². The van der Waals surface area contributed by atoms with Gasteiger partial charge in [0.1, 0.15) is 28.7 Å². The summed E-state index contributed by atoms with van der Waals surface area (Å²) < 4.78 is 88.2. The summed E-state index contributed by atoms with van der Waals surface area (Å²) in [5.41, 5.74) is -0.573. The molecule has 4 aromatic heterocycles. The Morgan fingerprint density at radius 3 is 2.32 bits per heavy atom. The normalized spacial score (nSPS) is 14.1. The van der Waals surface area contributed by atoms with E-state index in [-0.39, 0.29) is 52.2 Å². The lowest BCUT2D eigenvalue weighted by Crippen LogP contribution is -2.12. The number of alkyl halides is 6. The zero-order chi connectivity index (χ0) is 29.1. The summed E-state index contributed by atoms with van der Waals surface area (Å²) in [4.78, 5) is 20.4. The Labute approximate surface area is 227 Å². The number of rotatable bonds is 6. The Morgan fingerprint density at radius 1 is 0.976 bits per heavy atom. The Bertz CT molecular complexity index is 1750. The minimum absolute atomic E-state index is 0.0297. The third-order valence-corrected chi connectivity index (χ3v) is 6.73. The van der Waals surface area contributed by atoms with Crippen LogP contribution < -0.4 is 4.74 Å². The molecule has 0 bridgehead atoms. The van der Waals surface area contributed by atoms with Crippen LogP contribution in [0.3, 0.4) is 0 Å². The van der Waals surface area contributed by atoms with Crippen LogP contribution >= 0.6 is 0 Å². The second kappa shape index (κ2) is 9.52. The molecule has 0 spiro atoms. The number of imidazole rings is 1. The molecule has 1 N–H and O–H groups in total. The van der Waals surface area contributed by atoms with Crippen LogP contribution in [0.2, 0.25) is 0 Å². The molecule has 15 heteroatoms. The first-order valence-electron chi connectivity index (χ1n) is 12.4. The Hall–Kier alpha value is -4.56. The summed E-state index contributed by atoms with van der Waals surface area (Å²) >= 11 is 0. The fourth-order valence-electron chi connectivity index (χ4n) is 4.64. The van der Waals surface area contributed by atoms with Crippen LogP contribution in [0.4, 0.5) is 26.3 Å². The number of benzene rings is 1. The van der Waals surface area contributed by atoms with Crippen LogP contribution in [0, 0.1) is 0 Å². The van der Waals surface area contributed by atoms with E-state index in [9.17, 15) is 26.3 Å². The molecule has 4 heterocycles.